The zero-order valence-electron chi connectivity index (χ0n) is 7.48. The Bertz CT molecular complexity index is 468. The van der Waals surface area contributed by atoms with E-state index in [1.54, 1.807) is 11.3 Å². The fraction of sp³-hybridized carbons (Fsp3) is 0.100. The van der Waals surface area contributed by atoms with E-state index in [4.69, 9.17) is 5.11 Å². The Kier molecular flexibility index (Phi) is 2.39. The van der Waals surface area contributed by atoms with Gasteiger partial charge < -0.3 is 5.11 Å². The van der Waals surface area contributed by atoms with Gasteiger partial charge >= 0.3 is 5.97 Å². The largest absolute Gasteiger partial charge is 0.477 e. The average Bonchev–Trinajstić information content (AvgIpc) is 2.70. The van der Waals surface area contributed by atoms with Crippen LogP contribution in [0.1, 0.15) is 14.5 Å². The maximum Gasteiger partial charge on any atom is 0.346 e. The van der Waals surface area contributed by atoms with Crippen LogP contribution in [0.25, 0.3) is 11.1 Å². The standard InChI is InChI=1S/C10H8O2S2/c1-6-7(2-4-13-6)8-3-5-14-9(8)10(11)12/h2-5H,1H3,(H,11,12). The molecule has 2 heterocycles. The monoisotopic (exact) mass is 224 g/mol. The molecule has 0 aliphatic rings. The molecule has 0 amide bonds. The van der Waals surface area contributed by atoms with Gasteiger partial charge in [0.15, 0.2) is 0 Å². The number of carboxylic acid groups (broad SMARTS) is 1. The molecule has 1 N–H and O–H groups in total. The van der Waals surface area contributed by atoms with Crippen molar-refractivity contribution in [3.63, 3.8) is 0 Å². The second-order valence-corrected chi connectivity index (χ2v) is 4.90. The third-order valence-electron chi connectivity index (χ3n) is 2.01. The molecule has 2 nitrogen and oxygen atoms in total. The number of aryl methyl sites for hydroxylation is 1. The van der Waals surface area contributed by atoms with Gasteiger partial charge in [0.1, 0.15) is 4.88 Å². The first-order chi connectivity index (χ1) is 6.70. The molecular formula is C10H8O2S2. The van der Waals surface area contributed by atoms with Crippen LogP contribution in [0.2, 0.25) is 0 Å². The third-order valence-corrected chi connectivity index (χ3v) is 3.76. The van der Waals surface area contributed by atoms with Crippen molar-refractivity contribution in [2.45, 2.75) is 6.92 Å². The lowest BCUT2D eigenvalue weighted by Gasteiger charge is -1.98. The highest BCUT2D eigenvalue weighted by molar-refractivity contribution is 7.13. The molecule has 0 unspecified atom stereocenters. The molecule has 0 aliphatic heterocycles. The quantitative estimate of drug-likeness (QED) is 0.847. The molecule has 0 radical (unpaired) electrons. The van der Waals surface area contributed by atoms with E-state index in [1.165, 1.54) is 11.3 Å². The molecule has 14 heavy (non-hydrogen) atoms. The molecule has 0 aliphatic carbocycles. The molecule has 4 heteroatoms. The van der Waals surface area contributed by atoms with Crippen molar-refractivity contribution in [3.05, 3.63) is 32.6 Å². The summed E-state index contributed by atoms with van der Waals surface area (Å²) in [6.07, 6.45) is 0. The lowest BCUT2D eigenvalue weighted by molar-refractivity contribution is 0.0703. The highest BCUT2D eigenvalue weighted by Gasteiger charge is 2.14. The van der Waals surface area contributed by atoms with Crippen molar-refractivity contribution in [1.29, 1.82) is 0 Å². The summed E-state index contributed by atoms with van der Waals surface area (Å²) in [5.41, 5.74) is 1.87. The molecule has 0 bridgehead atoms. The summed E-state index contributed by atoms with van der Waals surface area (Å²) in [4.78, 5) is 12.5. The fourth-order valence-corrected chi connectivity index (χ4v) is 2.81. The van der Waals surface area contributed by atoms with E-state index < -0.39 is 5.97 Å². The molecule has 72 valence electrons. The van der Waals surface area contributed by atoms with Gasteiger partial charge in [0.05, 0.1) is 0 Å². The summed E-state index contributed by atoms with van der Waals surface area (Å²) in [6, 6.07) is 3.83. The van der Waals surface area contributed by atoms with E-state index in [0.29, 0.717) is 4.88 Å². The first-order valence-electron chi connectivity index (χ1n) is 4.05. The highest BCUT2D eigenvalue weighted by atomic mass is 32.1. The predicted octanol–water partition coefficient (Wildman–Crippen LogP) is 3.48. The molecule has 2 aromatic rings. The summed E-state index contributed by atoms with van der Waals surface area (Å²) in [6.45, 7) is 2.00. The van der Waals surface area contributed by atoms with Gasteiger partial charge in [-0.1, -0.05) is 0 Å². The van der Waals surface area contributed by atoms with Crippen LogP contribution in [0.4, 0.5) is 0 Å². The lowest BCUT2D eigenvalue weighted by Crippen LogP contribution is -1.94. The van der Waals surface area contributed by atoms with Crippen LogP contribution in [0.15, 0.2) is 22.9 Å². The van der Waals surface area contributed by atoms with Crippen LogP contribution < -0.4 is 0 Å². The highest BCUT2D eigenvalue weighted by Crippen LogP contribution is 2.33. The smallest absolute Gasteiger partial charge is 0.346 e. The fourth-order valence-electron chi connectivity index (χ4n) is 1.35. The van der Waals surface area contributed by atoms with Crippen molar-refractivity contribution < 1.29 is 9.90 Å². The normalized spacial score (nSPS) is 10.4. The van der Waals surface area contributed by atoms with E-state index >= 15 is 0 Å². The lowest BCUT2D eigenvalue weighted by atomic mass is 10.1. The van der Waals surface area contributed by atoms with E-state index in [2.05, 4.69) is 0 Å². The van der Waals surface area contributed by atoms with Gasteiger partial charge in [0.2, 0.25) is 0 Å². The second-order valence-electron chi connectivity index (χ2n) is 2.86. The summed E-state index contributed by atoms with van der Waals surface area (Å²) in [5, 5.41) is 12.8. The van der Waals surface area contributed by atoms with Crippen LogP contribution in [0, 0.1) is 6.92 Å². The molecule has 2 aromatic heterocycles. The van der Waals surface area contributed by atoms with E-state index in [1.807, 2.05) is 29.8 Å². The molecule has 0 saturated heterocycles. The molecule has 0 aromatic carbocycles. The molecule has 2 rings (SSSR count). The van der Waals surface area contributed by atoms with E-state index in [9.17, 15) is 4.79 Å². The van der Waals surface area contributed by atoms with Crippen LogP contribution in [-0.2, 0) is 0 Å². The minimum absolute atomic E-state index is 0.423. The number of carbonyl (C=O) groups is 1. The first kappa shape index (κ1) is 9.43. The molecule has 0 atom stereocenters. The van der Waals surface area contributed by atoms with Gasteiger partial charge in [-0.25, -0.2) is 4.79 Å². The Hall–Kier alpha value is -1.13. The topological polar surface area (TPSA) is 37.3 Å². The average molecular weight is 224 g/mol. The number of hydrogen-bond donors (Lipinski definition) is 1. The summed E-state index contributed by atoms with van der Waals surface area (Å²) in [7, 11) is 0. The first-order valence-corrected chi connectivity index (χ1v) is 5.81. The molecule has 0 saturated carbocycles. The predicted molar refractivity (Wildman–Crippen MR) is 59.3 cm³/mol. The van der Waals surface area contributed by atoms with Gasteiger partial charge in [-0.05, 0) is 35.4 Å². The molecule has 0 spiro atoms. The van der Waals surface area contributed by atoms with Crippen LogP contribution >= 0.6 is 22.7 Å². The van der Waals surface area contributed by atoms with Crippen molar-refractivity contribution in [2.75, 3.05) is 0 Å². The molecular weight excluding hydrogens is 216 g/mol. The maximum absolute atomic E-state index is 10.9. The van der Waals surface area contributed by atoms with Crippen molar-refractivity contribution in [3.8, 4) is 11.1 Å². The zero-order chi connectivity index (χ0) is 10.1. The Morgan fingerprint density at radius 1 is 1.21 bits per heavy atom. The Morgan fingerprint density at radius 2 is 1.86 bits per heavy atom. The van der Waals surface area contributed by atoms with Gasteiger partial charge in [-0.15, -0.1) is 22.7 Å². The summed E-state index contributed by atoms with van der Waals surface area (Å²) < 4.78 is 0. The number of rotatable bonds is 2. The number of carboxylic acids is 1. The minimum Gasteiger partial charge on any atom is -0.477 e. The summed E-state index contributed by atoms with van der Waals surface area (Å²) >= 11 is 2.90. The third kappa shape index (κ3) is 1.47. The Morgan fingerprint density at radius 3 is 2.43 bits per heavy atom. The van der Waals surface area contributed by atoms with Crippen LogP contribution in [0.3, 0.4) is 0 Å². The number of hydrogen-bond acceptors (Lipinski definition) is 3. The number of thiophene rings is 2. The maximum atomic E-state index is 10.9. The van der Waals surface area contributed by atoms with Crippen molar-refractivity contribution >= 4 is 28.6 Å². The molecule has 0 fully saturated rings. The minimum atomic E-state index is -0.847. The van der Waals surface area contributed by atoms with Gasteiger partial charge in [-0.3, -0.25) is 0 Å². The second kappa shape index (κ2) is 3.55. The van der Waals surface area contributed by atoms with Crippen LogP contribution in [0.5, 0.6) is 0 Å². The summed E-state index contributed by atoms with van der Waals surface area (Å²) in [5.74, 6) is -0.847. The Balaban J connectivity index is 2.57. The van der Waals surface area contributed by atoms with Gasteiger partial charge in [0.25, 0.3) is 0 Å². The van der Waals surface area contributed by atoms with Crippen LogP contribution in [-0.4, -0.2) is 11.1 Å². The SMILES string of the molecule is Cc1sccc1-c1ccsc1C(=O)O. The zero-order valence-corrected chi connectivity index (χ0v) is 9.11. The number of aromatic carboxylic acids is 1. The van der Waals surface area contributed by atoms with Gasteiger partial charge in [0, 0.05) is 10.4 Å². The van der Waals surface area contributed by atoms with Crippen molar-refractivity contribution in [2.24, 2.45) is 0 Å². The van der Waals surface area contributed by atoms with E-state index in [0.717, 1.165) is 16.0 Å². The van der Waals surface area contributed by atoms with E-state index in [-0.39, 0.29) is 0 Å². The Labute approximate surface area is 89.5 Å². The van der Waals surface area contributed by atoms with Gasteiger partial charge in [-0.2, -0.15) is 0 Å². The van der Waals surface area contributed by atoms with Crippen molar-refractivity contribution in [1.82, 2.24) is 0 Å².